The van der Waals surface area contributed by atoms with E-state index in [0.29, 0.717) is 32.3 Å². The van der Waals surface area contributed by atoms with Crippen LogP contribution >= 0.6 is 24.0 Å². The minimum atomic E-state index is 0. The molecule has 174 valence electrons. The van der Waals surface area contributed by atoms with Gasteiger partial charge in [-0.3, -0.25) is 4.99 Å². The molecule has 2 heterocycles. The molecule has 2 aromatic rings. The van der Waals surface area contributed by atoms with Crippen LogP contribution in [0.25, 0.3) is 0 Å². The third kappa shape index (κ3) is 6.80. The van der Waals surface area contributed by atoms with Gasteiger partial charge < -0.3 is 34.3 Å². The Morgan fingerprint density at radius 2 is 1.72 bits per heavy atom. The summed E-state index contributed by atoms with van der Waals surface area (Å²) in [6.45, 7) is 3.68. The first-order valence-electron chi connectivity index (χ1n) is 10.6. The van der Waals surface area contributed by atoms with Crippen molar-refractivity contribution >= 4 is 35.6 Å². The molecule has 0 radical (unpaired) electrons. The van der Waals surface area contributed by atoms with Crippen molar-refractivity contribution in [1.29, 1.82) is 0 Å². The van der Waals surface area contributed by atoms with E-state index in [4.69, 9.17) is 23.7 Å². The summed E-state index contributed by atoms with van der Waals surface area (Å²) in [6.07, 6.45) is 2.56. The number of hydrogen-bond donors (Lipinski definition) is 2. The number of anilines is 1. The van der Waals surface area contributed by atoms with Crippen LogP contribution in [0.1, 0.15) is 18.4 Å². The predicted octanol–water partition coefficient (Wildman–Crippen LogP) is 3.83. The van der Waals surface area contributed by atoms with Crippen molar-refractivity contribution in [2.45, 2.75) is 19.3 Å². The average Bonchev–Trinajstić information content (AvgIpc) is 3.13. The molecular formula is C23H30IN3O5. The first-order chi connectivity index (χ1) is 15.3. The van der Waals surface area contributed by atoms with Gasteiger partial charge in [0.1, 0.15) is 0 Å². The molecule has 4 rings (SSSR count). The number of rotatable bonds is 8. The smallest absolute Gasteiger partial charge is 0.231 e. The summed E-state index contributed by atoms with van der Waals surface area (Å²) in [7, 11) is 1.70. The molecule has 0 aromatic heterocycles. The summed E-state index contributed by atoms with van der Waals surface area (Å²) in [5.74, 6) is 3.84. The number of halogens is 1. The molecule has 0 fully saturated rings. The molecular weight excluding hydrogens is 525 g/mol. The van der Waals surface area contributed by atoms with Crippen molar-refractivity contribution in [3.63, 3.8) is 0 Å². The predicted molar refractivity (Wildman–Crippen MR) is 134 cm³/mol. The molecule has 0 bridgehead atoms. The average molecular weight is 555 g/mol. The lowest BCUT2D eigenvalue weighted by molar-refractivity contribution is 0.174. The normalized spacial score (nSPS) is 14.3. The lowest BCUT2D eigenvalue weighted by Gasteiger charge is -2.15. The Morgan fingerprint density at radius 1 is 0.969 bits per heavy atom. The van der Waals surface area contributed by atoms with Gasteiger partial charge in [0.2, 0.25) is 6.79 Å². The third-order valence-electron chi connectivity index (χ3n) is 4.93. The van der Waals surface area contributed by atoms with Gasteiger partial charge in [0.05, 0.1) is 13.2 Å². The van der Waals surface area contributed by atoms with Crippen LogP contribution in [0.4, 0.5) is 5.69 Å². The van der Waals surface area contributed by atoms with E-state index in [0.717, 1.165) is 54.5 Å². The van der Waals surface area contributed by atoms with Gasteiger partial charge in [-0.15, -0.1) is 24.0 Å². The second-order valence-corrected chi connectivity index (χ2v) is 7.28. The largest absolute Gasteiger partial charge is 0.490 e. The molecule has 2 N–H and O–H groups in total. The Labute approximate surface area is 205 Å². The van der Waals surface area contributed by atoms with E-state index in [2.05, 4.69) is 21.7 Å². The number of methoxy groups -OCH3 is 1. The highest BCUT2D eigenvalue weighted by Gasteiger charge is 2.14. The molecule has 0 amide bonds. The van der Waals surface area contributed by atoms with Gasteiger partial charge in [-0.25, -0.2) is 0 Å². The zero-order valence-corrected chi connectivity index (χ0v) is 20.6. The van der Waals surface area contributed by atoms with Gasteiger partial charge >= 0.3 is 0 Å². The Hall–Kier alpha value is -2.40. The van der Waals surface area contributed by atoms with E-state index in [1.165, 1.54) is 5.56 Å². The Balaban J connectivity index is 0.00000289. The number of benzene rings is 2. The minimum absolute atomic E-state index is 0. The molecule has 0 unspecified atom stereocenters. The number of hydrogen-bond acceptors (Lipinski definition) is 6. The zero-order chi connectivity index (χ0) is 21.3. The molecule has 9 heteroatoms. The first kappa shape index (κ1) is 24.2. The van der Waals surface area contributed by atoms with Crippen molar-refractivity contribution in [1.82, 2.24) is 5.32 Å². The number of nitrogens with one attached hydrogen (secondary N) is 2. The zero-order valence-electron chi connectivity index (χ0n) is 18.2. The third-order valence-corrected chi connectivity index (χ3v) is 4.93. The molecule has 0 saturated heterocycles. The molecule has 2 aromatic carbocycles. The fourth-order valence-electron chi connectivity index (χ4n) is 3.34. The highest BCUT2D eigenvalue weighted by Crippen LogP contribution is 2.33. The second kappa shape index (κ2) is 12.6. The maximum atomic E-state index is 5.80. The van der Waals surface area contributed by atoms with Gasteiger partial charge in [0.15, 0.2) is 29.0 Å². The summed E-state index contributed by atoms with van der Waals surface area (Å²) < 4.78 is 27.5. The van der Waals surface area contributed by atoms with Crippen molar-refractivity contribution in [2.24, 2.45) is 4.99 Å². The second-order valence-electron chi connectivity index (χ2n) is 7.28. The molecule has 0 aliphatic carbocycles. The number of aliphatic imine (C=N–C) groups is 1. The van der Waals surface area contributed by atoms with Crippen LogP contribution in [0.5, 0.6) is 23.0 Å². The monoisotopic (exact) mass is 555 g/mol. The van der Waals surface area contributed by atoms with Crippen molar-refractivity contribution in [3.8, 4) is 23.0 Å². The quantitative estimate of drug-likeness (QED) is 0.222. The maximum Gasteiger partial charge on any atom is 0.231 e. The molecule has 8 nitrogen and oxygen atoms in total. The first-order valence-corrected chi connectivity index (χ1v) is 10.6. The van der Waals surface area contributed by atoms with Crippen LogP contribution in [-0.2, 0) is 11.2 Å². The highest BCUT2D eigenvalue weighted by atomic mass is 127. The summed E-state index contributed by atoms with van der Waals surface area (Å²) in [4.78, 5) is 4.67. The fraction of sp³-hybridized carbons (Fsp3) is 0.435. The summed E-state index contributed by atoms with van der Waals surface area (Å²) in [5.41, 5.74) is 2.07. The Bertz CT molecular complexity index is 909. The molecule has 32 heavy (non-hydrogen) atoms. The fourth-order valence-corrected chi connectivity index (χ4v) is 3.34. The highest BCUT2D eigenvalue weighted by molar-refractivity contribution is 14.0. The number of nitrogens with zero attached hydrogens (tertiary/aromatic N) is 1. The molecule has 0 saturated carbocycles. The lowest BCUT2D eigenvalue weighted by Crippen LogP contribution is -2.32. The lowest BCUT2D eigenvalue weighted by atomic mass is 10.1. The van der Waals surface area contributed by atoms with E-state index in [1.807, 2.05) is 30.3 Å². The summed E-state index contributed by atoms with van der Waals surface area (Å²) in [5, 5.41) is 6.78. The van der Waals surface area contributed by atoms with Crippen LogP contribution in [0.2, 0.25) is 0 Å². The van der Waals surface area contributed by atoms with E-state index in [9.17, 15) is 0 Å². The van der Waals surface area contributed by atoms with E-state index in [-0.39, 0.29) is 30.8 Å². The maximum absolute atomic E-state index is 5.80. The van der Waals surface area contributed by atoms with Crippen LogP contribution in [0.15, 0.2) is 41.4 Å². The van der Waals surface area contributed by atoms with Crippen LogP contribution < -0.4 is 29.6 Å². The van der Waals surface area contributed by atoms with Gasteiger partial charge in [-0.2, -0.15) is 0 Å². The molecule has 0 atom stereocenters. The summed E-state index contributed by atoms with van der Waals surface area (Å²) in [6, 6.07) is 11.9. The minimum Gasteiger partial charge on any atom is -0.490 e. The molecule has 0 spiro atoms. The topological polar surface area (TPSA) is 82.6 Å². The summed E-state index contributed by atoms with van der Waals surface area (Å²) >= 11 is 0. The molecule has 2 aliphatic heterocycles. The van der Waals surface area contributed by atoms with Crippen molar-refractivity contribution in [2.75, 3.05) is 52.1 Å². The van der Waals surface area contributed by atoms with E-state index >= 15 is 0 Å². The van der Waals surface area contributed by atoms with Crippen LogP contribution in [-0.4, -0.2) is 52.8 Å². The Kier molecular flexibility index (Phi) is 9.54. The molecule has 2 aliphatic rings. The van der Waals surface area contributed by atoms with Gasteiger partial charge in [-0.1, -0.05) is 6.07 Å². The van der Waals surface area contributed by atoms with Gasteiger partial charge in [-0.05, 0) is 42.7 Å². The van der Waals surface area contributed by atoms with Crippen molar-refractivity contribution < 1.29 is 23.7 Å². The van der Waals surface area contributed by atoms with Crippen LogP contribution in [0.3, 0.4) is 0 Å². The van der Waals surface area contributed by atoms with Crippen LogP contribution in [0, 0.1) is 0 Å². The number of guanidine groups is 1. The van der Waals surface area contributed by atoms with E-state index in [1.54, 1.807) is 7.11 Å². The van der Waals surface area contributed by atoms with Gasteiger partial charge in [0, 0.05) is 45.0 Å². The number of ether oxygens (including phenoxy) is 5. The number of fused-ring (bicyclic) bond motifs is 2. The van der Waals surface area contributed by atoms with E-state index < -0.39 is 0 Å². The Morgan fingerprint density at radius 3 is 2.59 bits per heavy atom. The van der Waals surface area contributed by atoms with Crippen molar-refractivity contribution in [3.05, 3.63) is 42.0 Å². The standard InChI is InChI=1S/C23H29N3O5.HI/c1-27-11-2-9-24-23(25-10-8-17-4-6-20-21(14-17)31-16-30-20)26-18-5-7-19-22(15-18)29-13-3-12-28-19;/h4-7,14-15H,2-3,8-13,16H2,1H3,(H2,24,25,26);1H. The van der Waals surface area contributed by atoms with Gasteiger partial charge in [0.25, 0.3) is 0 Å². The SMILES string of the molecule is COCCCN=C(NCCc1ccc2c(c1)OCO2)Nc1ccc2c(c1)OCCCO2.I.